The Morgan fingerprint density at radius 2 is 1.75 bits per heavy atom. The maximum absolute atomic E-state index is 13.2. The molecule has 2 amide bonds. The van der Waals surface area contributed by atoms with Gasteiger partial charge in [0, 0.05) is 37.6 Å². The minimum atomic E-state index is -0.380. The van der Waals surface area contributed by atoms with Crippen molar-refractivity contribution in [3.05, 3.63) is 66.0 Å². The molecule has 0 saturated carbocycles. The third kappa shape index (κ3) is 6.35. The highest BCUT2D eigenvalue weighted by atomic mass is 32.2. The molecule has 5 nitrogen and oxygen atoms in total. The molecule has 0 radical (unpaired) electrons. The summed E-state index contributed by atoms with van der Waals surface area (Å²) in [5, 5.41) is 2.70. The molecule has 1 saturated heterocycles. The molecule has 0 spiro atoms. The van der Waals surface area contributed by atoms with Gasteiger partial charge in [-0.05, 0) is 23.8 Å². The molecule has 1 N–H and O–H groups in total. The van der Waals surface area contributed by atoms with Crippen LogP contribution in [0.3, 0.4) is 0 Å². The molecular weight excluding hydrogens is 377 g/mol. The zero-order valence-electron chi connectivity index (χ0n) is 15.6. The highest BCUT2D eigenvalue weighted by Crippen LogP contribution is 2.14. The number of rotatable bonds is 7. The predicted octanol–water partition coefficient (Wildman–Crippen LogP) is 2.84. The Morgan fingerprint density at radius 1 is 1.00 bits per heavy atom. The Hall–Kier alpha value is -2.38. The van der Waals surface area contributed by atoms with E-state index in [0.717, 1.165) is 5.75 Å². The fraction of sp³-hybridized carbons (Fsp3) is 0.333. The summed E-state index contributed by atoms with van der Waals surface area (Å²) in [6, 6.07) is 16.0. The number of benzene rings is 2. The molecule has 1 heterocycles. The predicted molar refractivity (Wildman–Crippen MR) is 111 cm³/mol. The summed E-state index contributed by atoms with van der Waals surface area (Å²) in [5.74, 6) is 0.880. The molecule has 2 aromatic rings. The van der Waals surface area contributed by atoms with Crippen molar-refractivity contribution in [3.8, 4) is 0 Å². The van der Waals surface area contributed by atoms with Crippen LogP contribution in [0.15, 0.2) is 54.6 Å². The quantitative estimate of drug-likeness (QED) is 0.775. The van der Waals surface area contributed by atoms with E-state index in [-0.39, 0.29) is 24.2 Å². The van der Waals surface area contributed by atoms with Crippen LogP contribution in [0.4, 0.5) is 10.1 Å². The molecule has 1 aliphatic rings. The number of carbonyl (C=O) groups is 2. The highest BCUT2D eigenvalue weighted by molar-refractivity contribution is 7.99. The first-order valence-corrected chi connectivity index (χ1v) is 10.4. The van der Waals surface area contributed by atoms with Gasteiger partial charge in [-0.15, -0.1) is 11.8 Å². The Balaban J connectivity index is 1.35. The molecule has 2 aromatic carbocycles. The Morgan fingerprint density at radius 3 is 2.46 bits per heavy atom. The minimum absolute atomic E-state index is 0.143. The van der Waals surface area contributed by atoms with Crippen molar-refractivity contribution < 1.29 is 14.0 Å². The van der Waals surface area contributed by atoms with Crippen molar-refractivity contribution in [1.29, 1.82) is 0 Å². The molecule has 0 unspecified atom stereocenters. The number of thioether (sulfide) groups is 1. The van der Waals surface area contributed by atoms with Crippen LogP contribution in [0.2, 0.25) is 0 Å². The number of anilines is 1. The normalized spacial score (nSPS) is 14.7. The molecule has 7 heteroatoms. The summed E-state index contributed by atoms with van der Waals surface area (Å²) in [4.78, 5) is 28.4. The molecule has 0 atom stereocenters. The van der Waals surface area contributed by atoms with Crippen molar-refractivity contribution in [1.82, 2.24) is 9.80 Å². The topological polar surface area (TPSA) is 52.7 Å². The van der Waals surface area contributed by atoms with Crippen LogP contribution in [-0.4, -0.2) is 60.1 Å². The lowest BCUT2D eigenvalue weighted by Gasteiger charge is -2.34. The summed E-state index contributed by atoms with van der Waals surface area (Å²) in [6.07, 6.45) is 0. The second-order valence-electron chi connectivity index (χ2n) is 6.69. The van der Waals surface area contributed by atoms with Gasteiger partial charge < -0.3 is 10.2 Å². The van der Waals surface area contributed by atoms with E-state index in [0.29, 0.717) is 37.6 Å². The van der Waals surface area contributed by atoms with Crippen molar-refractivity contribution in [2.24, 2.45) is 0 Å². The summed E-state index contributed by atoms with van der Waals surface area (Å²) in [6.45, 7) is 2.80. The van der Waals surface area contributed by atoms with Crippen LogP contribution in [0.1, 0.15) is 5.56 Å². The van der Waals surface area contributed by atoms with E-state index < -0.39 is 0 Å². The van der Waals surface area contributed by atoms with E-state index in [1.54, 1.807) is 23.9 Å². The van der Waals surface area contributed by atoms with Crippen molar-refractivity contribution >= 4 is 29.3 Å². The molecule has 0 bridgehead atoms. The molecular formula is C21H24FN3O2S. The smallest absolute Gasteiger partial charge is 0.238 e. The fourth-order valence-corrected chi connectivity index (χ4v) is 3.93. The van der Waals surface area contributed by atoms with Gasteiger partial charge in [-0.2, -0.15) is 0 Å². The molecule has 1 fully saturated rings. The Bertz CT molecular complexity index is 795. The minimum Gasteiger partial charge on any atom is -0.339 e. The monoisotopic (exact) mass is 401 g/mol. The number of halogens is 1. The summed E-state index contributed by atoms with van der Waals surface area (Å²) in [7, 11) is 0. The second-order valence-corrected chi connectivity index (χ2v) is 7.68. The number of carbonyl (C=O) groups excluding carboxylic acids is 2. The van der Waals surface area contributed by atoms with E-state index in [9.17, 15) is 14.0 Å². The van der Waals surface area contributed by atoms with Crippen LogP contribution in [0.5, 0.6) is 0 Å². The second kappa shape index (κ2) is 10.2. The van der Waals surface area contributed by atoms with Crippen LogP contribution in [-0.2, 0) is 15.3 Å². The zero-order valence-corrected chi connectivity index (χ0v) is 16.5. The number of nitrogens with one attached hydrogen (secondary N) is 1. The van der Waals surface area contributed by atoms with Gasteiger partial charge in [0.05, 0.1) is 12.3 Å². The van der Waals surface area contributed by atoms with Gasteiger partial charge in [0.2, 0.25) is 11.8 Å². The van der Waals surface area contributed by atoms with Crippen molar-refractivity contribution in [2.45, 2.75) is 5.75 Å². The van der Waals surface area contributed by atoms with Gasteiger partial charge in [-0.3, -0.25) is 14.5 Å². The standard InChI is InChI=1S/C21H24FN3O2S/c22-18-7-4-8-19(13-18)23-20(26)14-24-9-11-25(12-10-24)21(27)16-28-15-17-5-2-1-3-6-17/h1-8,13H,9-12,14-16H2,(H,23,26). The van der Waals surface area contributed by atoms with Crippen molar-refractivity contribution in [2.75, 3.05) is 43.8 Å². The first-order chi connectivity index (χ1) is 13.6. The van der Waals surface area contributed by atoms with E-state index in [1.165, 1.54) is 17.7 Å². The number of piperazine rings is 1. The van der Waals surface area contributed by atoms with Crippen LogP contribution in [0.25, 0.3) is 0 Å². The van der Waals surface area contributed by atoms with E-state index in [2.05, 4.69) is 17.4 Å². The van der Waals surface area contributed by atoms with Crippen molar-refractivity contribution in [3.63, 3.8) is 0 Å². The lowest BCUT2D eigenvalue weighted by molar-refractivity contribution is -0.130. The van der Waals surface area contributed by atoms with Gasteiger partial charge in [-0.25, -0.2) is 4.39 Å². The Kier molecular flexibility index (Phi) is 7.45. The summed E-state index contributed by atoms with van der Waals surface area (Å²) >= 11 is 1.62. The van der Waals surface area contributed by atoms with Gasteiger partial charge >= 0.3 is 0 Å². The number of nitrogens with zero attached hydrogens (tertiary/aromatic N) is 2. The van der Waals surface area contributed by atoms with E-state index >= 15 is 0 Å². The average Bonchev–Trinajstić information content (AvgIpc) is 2.69. The maximum Gasteiger partial charge on any atom is 0.238 e. The third-order valence-corrected chi connectivity index (χ3v) is 5.53. The first kappa shape index (κ1) is 20.4. The lowest BCUT2D eigenvalue weighted by Crippen LogP contribution is -2.50. The number of amides is 2. The highest BCUT2D eigenvalue weighted by Gasteiger charge is 2.22. The van der Waals surface area contributed by atoms with Gasteiger partial charge in [0.1, 0.15) is 5.82 Å². The van der Waals surface area contributed by atoms with Crippen LogP contribution >= 0.6 is 11.8 Å². The van der Waals surface area contributed by atoms with Crippen LogP contribution in [0, 0.1) is 5.82 Å². The lowest BCUT2D eigenvalue weighted by atomic mass is 10.2. The summed E-state index contributed by atoms with van der Waals surface area (Å²) in [5.41, 5.74) is 1.67. The molecule has 148 valence electrons. The largest absolute Gasteiger partial charge is 0.339 e. The molecule has 28 heavy (non-hydrogen) atoms. The molecule has 1 aliphatic heterocycles. The molecule has 0 aliphatic carbocycles. The van der Waals surface area contributed by atoms with Gasteiger partial charge in [0.25, 0.3) is 0 Å². The first-order valence-electron chi connectivity index (χ1n) is 9.27. The third-order valence-electron chi connectivity index (χ3n) is 4.54. The number of hydrogen-bond donors (Lipinski definition) is 1. The Labute approximate surface area is 168 Å². The SMILES string of the molecule is O=C(CN1CCN(C(=O)CSCc2ccccc2)CC1)Nc1cccc(F)c1. The fourth-order valence-electron chi connectivity index (χ4n) is 3.05. The average molecular weight is 402 g/mol. The zero-order chi connectivity index (χ0) is 19.8. The van der Waals surface area contributed by atoms with Gasteiger partial charge in [-0.1, -0.05) is 36.4 Å². The summed E-state index contributed by atoms with van der Waals surface area (Å²) < 4.78 is 13.2. The number of hydrogen-bond acceptors (Lipinski definition) is 4. The molecule has 3 rings (SSSR count). The van der Waals surface area contributed by atoms with Gasteiger partial charge in [0.15, 0.2) is 0 Å². The molecule has 0 aromatic heterocycles. The van der Waals surface area contributed by atoms with E-state index in [1.807, 2.05) is 28.0 Å². The van der Waals surface area contributed by atoms with E-state index in [4.69, 9.17) is 0 Å². The van der Waals surface area contributed by atoms with Crippen LogP contribution < -0.4 is 5.32 Å². The maximum atomic E-state index is 13.2.